The average Bonchev–Trinajstić information content (AvgIpc) is 2.70. The lowest BCUT2D eigenvalue weighted by Gasteiger charge is -2.32. The summed E-state index contributed by atoms with van der Waals surface area (Å²) >= 11 is 0. The predicted molar refractivity (Wildman–Crippen MR) is 62.1 cm³/mol. The van der Waals surface area contributed by atoms with E-state index in [1.54, 1.807) is 0 Å². The highest BCUT2D eigenvalue weighted by molar-refractivity contribution is 5.76. The maximum Gasteiger partial charge on any atom is 0.220 e. The fourth-order valence-electron chi connectivity index (χ4n) is 2.93. The van der Waals surface area contributed by atoms with Gasteiger partial charge >= 0.3 is 0 Å². The molecular weight excluding hydrogens is 204 g/mol. The molecule has 0 saturated carbocycles. The van der Waals surface area contributed by atoms with Crippen molar-refractivity contribution in [2.45, 2.75) is 50.6 Å². The maximum atomic E-state index is 11.6. The van der Waals surface area contributed by atoms with Crippen LogP contribution in [0, 0.1) is 0 Å². The second-order valence-electron chi connectivity index (χ2n) is 4.89. The third kappa shape index (κ3) is 2.74. The van der Waals surface area contributed by atoms with E-state index in [-0.39, 0.29) is 12.5 Å². The number of piperidine rings is 1. The fraction of sp³-hybridized carbons (Fsp3) is 0.917. The van der Waals surface area contributed by atoms with Crippen LogP contribution in [0.15, 0.2) is 0 Å². The molecule has 2 N–H and O–H groups in total. The van der Waals surface area contributed by atoms with Gasteiger partial charge in [0.1, 0.15) is 0 Å². The van der Waals surface area contributed by atoms with Gasteiger partial charge in [-0.25, -0.2) is 0 Å². The summed E-state index contributed by atoms with van der Waals surface area (Å²) < 4.78 is 0. The standard InChI is InChI=1S/C12H22N2O2/c15-9-3-5-12(16)13-10-6-8-14-7-2-1-4-11(10)14/h10-11,15H,1-9H2,(H,13,16). The summed E-state index contributed by atoms with van der Waals surface area (Å²) in [5, 5.41) is 11.8. The second kappa shape index (κ2) is 5.64. The number of nitrogens with one attached hydrogen (secondary N) is 1. The first-order chi connectivity index (χ1) is 7.81. The molecule has 2 unspecified atom stereocenters. The maximum absolute atomic E-state index is 11.6. The van der Waals surface area contributed by atoms with Crippen LogP contribution in [-0.2, 0) is 4.79 Å². The van der Waals surface area contributed by atoms with Gasteiger partial charge in [-0.05, 0) is 32.2 Å². The van der Waals surface area contributed by atoms with Crippen molar-refractivity contribution in [3.8, 4) is 0 Å². The summed E-state index contributed by atoms with van der Waals surface area (Å²) in [4.78, 5) is 14.1. The normalized spacial score (nSPS) is 30.1. The number of carbonyl (C=O) groups excluding carboxylic acids is 1. The molecule has 1 amide bonds. The van der Waals surface area contributed by atoms with E-state index in [2.05, 4.69) is 10.2 Å². The molecule has 2 aliphatic rings. The number of aliphatic hydroxyl groups excluding tert-OH is 1. The van der Waals surface area contributed by atoms with Crippen molar-refractivity contribution in [2.24, 2.45) is 0 Å². The van der Waals surface area contributed by atoms with Crippen LogP contribution in [0.2, 0.25) is 0 Å². The largest absolute Gasteiger partial charge is 0.396 e. The van der Waals surface area contributed by atoms with Crippen molar-refractivity contribution in [2.75, 3.05) is 19.7 Å². The number of aliphatic hydroxyl groups is 1. The van der Waals surface area contributed by atoms with Crippen LogP contribution >= 0.6 is 0 Å². The molecule has 2 aliphatic heterocycles. The monoisotopic (exact) mass is 226 g/mol. The van der Waals surface area contributed by atoms with E-state index in [1.165, 1.54) is 25.8 Å². The molecule has 4 heteroatoms. The summed E-state index contributed by atoms with van der Waals surface area (Å²) in [7, 11) is 0. The van der Waals surface area contributed by atoms with Gasteiger partial charge in [0.15, 0.2) is 0 Å². The van der Waals surface area contributed by atoms with E-state index in [0.29, 0.717) is 24.9 Å². The van der Waals surface area contributed by atoms with Crippen molar-refractivity contribution in [3.63, 3.8) is 0 Å². The lowest BCUT2D eigenvalue weighted by atomic mass is 9.99. The third-order valence-corrected chi connectivity index (χ3v) is 3.76. The van der Waals surface area contributed by atoms with Crippen LogP contribution in [0.4, 0.5) is 0 Å². The molecule has 0 aromatic carbocycles. The Balaban J connectivity index is 1.79. The topological polar surface area (TPSA) is 52.6 Å². The van der Waals surface area contributed by atoms with Crippen LogP contribution in [0.1, 0.15) is 38.5 Å². The molecule has 2 rings (SSSR count). The van der Waals surface area contributed by atoms with Crippen molar-refractivity contribution < 1.29 is 9.90 Å². The van der Waals surface area contributed by atoms with Crippen LogP contribution in [0.5, 0.6) is 0 Å². The molecule has 0 aliphatic carbocycles. The minimum absolute atomic E-state index is 0.103. The zero-order valence-electron chi connectivity index (χ0n) is 9.82. The predicted octanol–water partition coefficient (Wildman–Crippen LogP) is 0.502. The van der Waals surface area contributed by atoms with Gasteiger partial charge in [0.2, 0.25) is 5.91 Å². The van der Waals surface area contributed by atoms with Gasteiger partial charge in [0, 0.05) is 31.7 Å². The Morgan fingerprint density at radius 3 is 3.00 bits per heavy atom. The summed E-state index contributed by atoms with van der Waals surface area (Å²) in [5.41, 5.74) is 0. The zero-order valence-corrected chi connectivity index (χ0v) is 9.82. The van der Waals surface area contributed by atoms with Gasteiger partial charge in [0.05, 0.1) is 0 Å². The molecule has 16 heavy (non-hydrogen) atoms. The van der Waals surface area contributed by atoms with Gasteiger partial charge in [-0.2, -0.15) is 0 Å². The van der Waals surface area contributed by atoms with Crippen LogP contribution in [0.25, 0.3) is 0 Å². The Labute approximate surface area is 97.0 Å². The van der Waals surface area contributed by atoms with Gasteiger partial charge in [-0.15, -0.1) is 0 Å². The molecule has 2 atom stereocenters. The van der Waals surface area contributed by atoms with Crippen LogP contribution < -0.4 is 5.32 Å². The Hall–Kier alpha value is -0.610. The van der Waals surface area contributed by atoms with E-state index in [4.69, 9.17) is 5.11 Å². The van der Waals surface area contributed by atoms with Crippen molar-refractivity contribution >= 4 is 5.91 Å². The Kier molecular flexibility index (Phi) is 4.18. The first-order valence-corrected chi connectivity index (χ1v) is 6.45. The minimum atomic E-state index is 0.103. The van der Waals surface area contributed by atoms with Crippen molar-refractivity contribution in [1.29, 1.82) is 0 Å². The number of rotatable bonds is 4. The van der Waals surface area contributed by atoms with Gasteiger partial charge < -0.3 is 10.4 Å². The number of amides is 1. The molecule has 0 aromatic heterocycles. The van der Waals surface area contributed by atoms with Crippen LogP contribution in [0.3, 0.4) is 0 Å². The van der Waals surface area contributed by atoms with E-state index < -0.39 is 0 Å². The second-order valence-corrected chi connectivity index (χ2v) is 4.89. The highest BCUT2D eigenvalue weighted by Gasteiger charge is 2.35. The van der Waals surface area contributed by atoms with Crippen molar-refractivity contribution in [3.05, 3.63) is 0 Å². The summed E-state index contributed by atoms with van der Waals surface area (Å²) in [6.45, 7) is 2.44. The quantitative estimate of drug-likeness (QED) is 0.734. The van der Waals surface area contributed by atoms with Crippen LogP contribution in [-0.4, -0.2) is 47.7 Å². The van der Waals surface area contributed by atoms with Gasteiger partial charge in [0.25, 0.3) is 0 Å². The third-order valence-electron chi connectivity index (χ3n) is 3.76. The molecule has 0 bridgehead atoms. The number of fused-ring (bicyclic) bond motifs is 1. The van der Waals surface area contributed by atoms with E-state index >= 15 is 0 Å². The lowest BCUT2D eigenvalue weighted by molar-refractivity contribution is -0.122. The number of hydrogen-bond donors (Lipinski definition) is 2. The Morgan fingerprint density at radius 1 is 1.31 bits per heavy atom. The Bertz CT molecular complexity index is 245. The number of hydrogen-bond acceptors (Lipinski definition) is 3. The van der Waals surface area contributed by atoms with E-state index in [0.717, 1.165) is 13.0 Å². The van der Waals surface area contributed by atoms with Crippen molar-refractivity contribution in [1.82, 2.24) is 10.2 Å². The van der Waals surface area contributed by atoms with Gasteiger partial charge in [-0.3, -0.25) is 9.69 Å². The van der Waals surface area contributed by atoms with Gasteiger partial charge in [-0.1, -0.05) is 6.42 Å². The first kappa shape index (κ1) is 11.9. The molecule has 2 saturated heterocycles. The first-order valence-electron chi connectivity index (χ1n) is 6.45. The summed E-state index contributed by atoms with van der Waals surface area (Å²) in [6, 6.07) is 0.929. The molecule has 2 heterocycles. The highest BCUT2D eigenvalue weighted by Crippen LogP contribution is 2.27. The fourth-order valence-corrected chi connectivity index (χ4v) is 2.93. The SMILES string of the molecule is O=C(CCCO)NC1CCN2CCCCC12. The number of nitrogens with zero attached hydrogens (tertiary/aromatic N) is 1. The molecule has 0 aromatic rings. The molecule has 4 nitrogen and oxygen atoms in total. The lowest BCUT2D eigenvalue weighted by Crippen LogP contribution is -2.46. The van der Waals surface area contributed by atoms with E-state index in [9.17, 15) is 4.79 Å². The number of carbonyl (C=O) groups is 1. The molecule has 92 valence electrons. The minimum Gasteiger partial charge on any atom is -0.396 e. The molecule has 0 radical (unpaired) electrons. The average molecular weight is 226 g/mol. The smallest absolute Gasteiger partial charge is 0.220 e. The summed E-state index contributed by atoms with van der Waals surface area (Å²) in [5.74, 6) is 0.103. The zero-order chi connectivity index (χ0) is 11.4. The highest BCUT2D eigenvalue weighted by atomic mass is 16.3. The Morgan fingerprint density at radius 2 is 2.19 bits per heavy atom. The summed E-state index contributed by atoms with van der Waals surface area (Å²) in [6.07, 6.45) is 5.96. The molecule has 2 fully saturated rings. The van der Waals surface area contributed by atoms with E-state index in [1.807, 2.05) is 0 Å². The molecular formula is C12H22N2O2. The molecule has 0 spiro atoms.